The standard InChI is InChI=1S/C21H23N7O2/c29-16-3-2-10-27(12-16)15-8-9-22-18(11-15)21(30)25-19-5-1-4-17(24-19)20-26-23-13-28(20)14-6-7-14/h1,4-5,8-9,11,13-14,16,29H,2-3,6-7,10,12H2,(H,24,25,30). The largest absolute Gasteiger partial charge is 0.391 e. The summed E-state index contributed by atoms with van der Waals surface area (Å²) in [4.78, 5) is 23.6. The lowest BCUT2D eigenvalue weighted by molar-refractivity contribution is 0.102. The van der Waals surface area contributed by atoms with Gasteiger partial charge in [-0.2, -0.15) is 0 Å². The van der Waals surface area contributed by atoms with Crippen molar-refractivity contribution in [2.45, 2.75) is 37.8 Å². The number of aliphatic hydroxyl groups is 1. The number of hydrogen-bond donors (Lipinski definition) is 2. The number of aliphatic hydroxyl groups excluding tert-OH is 1. The maximum Gasteiger partial charge on any atom is 0.275 e. The number of piperidine rings is 1. The number of anilines is 2. The average molecular weight is 405 g/mol. The SMILES string of the molecule is O=C(Nc1cccc(-c2nncn2C2CC2)n1)c1cc(N2CCCC(O)C2)ccn1. The van der Waals surface area contributed by atoms with Gasteiger partial charge in [0.2, 0.25) is 0 Å². The van der Waals surface area contributed by atoms with Gasteiger partial charge in [0.1, 0.15) is 23.5 Å². The van der Waals surface area contributed by atoms with E-state index >= 15 is 0 Å². The van der Waals surface area contributed by atoms with E-state index in [0.29, 0.717) is 35.6 Å². The molecule has 1 saturated heterocycles. The fraction of sp³-hybridized carbons (Fsp3) is 0.381. The minimum Gasteiger partial charge on any atom is -0.391 e. The van der Waals surface area contributed by atoms with Crippen molar-refractivity contribution in [1.29, 1.82) is 0 Å². The Morgan fingerprint density at radius 1 is 1.20 bits per heavy atom. The summed E-state index contributed by atoms with van der Waals surface area (Å²) >= 11 is 0. The summed E-state index contributed by atoms with van der Waals surface area (Å²) in [5, 5.41) is 21.0. The number of nitrogens with one attached hydrogen (secondary N) is 1. The number of rotatable bonds is 5. The van der Waals surface area contributed by atoms with E-state index in [2.05, 4.69) is 30.4 Å². The molecule has 4 heterocycles. The molecule has 2 aliphatic rings. The van der Waals surface area contributed by atoms with E-state index in [-0.39, 0.29) is 12.0 Å². The molecule has 9 nitrogen and oxygen atoms in total. The second-order valence-corrected chi connectivity index (χ2v) is 7.80. The van der Waals surface area contributed by atoms with Gasteiger partial charge in [-0.15, -0.1) is 10.2 Å². The van der Waals surface area contributed by atoms with Crippen molar-refractivity contribution in [3.05, 3.63) is 48.5 Å². The molecule has 1 atom stereocenters. The highest BCUT2D eigenvalue weighted by atomic mass is 16.3. The fourth-order valence-electron chi connectivity index (χ4n) is 3.78. The molecule has 0 spiro atoms. The van der Waals surface area contributed by atoms with E-state index in [9.17, 15) is 9.90 Å². The van der Waals surface area contributed by atoms with Crippen LogP contribution in [0.15, 0.2) is 42.9 Å². The molecule has 1 unspecified atom stereocenters. The predicted octanol–water partition coefficient (Wildman–Crippen LogP) is 2.28. The van der Waals surface area contributed by atoms with Crippen LogP contribution in [-0.4, -0.2) is 54.9 Å². The van der Waals surface area contributed by atoms with Crippen LogP contribution in [0.3, 0.4) is 0 Å². The Kier molecular flexibility index (Phi) is 4.88. The Labute approximate surface area is 173 Å². The molecule has 3 aromatic heterocycles. The number of carbonyl (C=O) groups is 1. The van der Waals surface area contributed by atoms with Gasteiger partial charge in [-0.05, 0) is 49.9 Å². The number of carbonyl (C=O) groups excluding carboxylic acids is 1. The van der Waals surface area contributed by atoms with Gasteiger partial charge in [-0.1, -0.05) is 6.07 Å². The topological polar surface area (TPSA) is 109 Å². The highest BCUT2D eigenvalue weighted by Gasteiger charge is 2.27. The lowest BCUT2D eigenvalue weighted by Crippen LogP contribution is -2.38. The molecule has 9 heteroatoms. The summed E-state index contributed by atoms with van der Waals surface area (Å²) in [5.41, 5.74) is 1.86. The summed E-state index contributed by atoms with van der Waals surface area (Å²) in [7, 11) is 0. The minimum absolute atomic E-state index is 0.306. The second-order valence-electron chi connectivity index (χ2n) is 7.80. The molecule has 1 aliphatic heterocycles. The molecule has 3 aromatic rings. The minimum atomic E-state index is -0.339. The monoisotopic (exact) mass is 405 g/mol. The lowest BCUT2D eigenvalue weighted by atomic mass is 10.1. The van der Waals surface area contributed by atoms with Crippen LogP contribution in [0, 0.1) is 0 Å². The van der Waals surface area contributed by atoms with Crippen molar-refractivity contribution in [3.63, 3.8) is 0 Å². The molecule has 5 rings (SSSR count). The van der Waals surface area contributed by atoms with Crippen LogP contribution in [0.5, 0.6) is 0 Å². The van der Waals surface area contributed by atoms with Crippen LogP contribution in [-0.2, 0) is 0 Å². The molecule has 0 radical (unpaired) electrons. The third-order valence-electron chi connectivity index (χ3n) is 5.47. The Hall–Kier alpha value is -3.33. The van der Waals surface area contributed by atoms with Gasteiger partial charge in [0.05, 0.1) is 6.10 Å². The summed E-state index contributed by atoms with van der Waals surface area (Å²) in [6.07, 6.45) is 6.99. The zero-order chi connectivity index (χ0) is 20.5. The zero-order valence-corrected chi connectivity index (χ0v) is 16.5. The first-order valence-electron chi connectivity index (χ1n) is 10.2. The Morgan fingerprint density at radius 2 is 2.10 bits per heavy atom. The van der Waals surface area contributed by atoms with Crippen molar-refractivity contribution >= 4 is 17.4 Å². The third-order valence-corrected chi connectivity index (χ3v) is 5.47. The van der Waals surface area contributed by atoms with Crippen LogP contribution < -0.4 is 10.2 Å². The van der Waals surface area contributed by atoms with Crippen molar-refractivity contribution in [2.24, 2.45) is 0 Å². The van der Waals surface area contributed by atoms with Gasteiger partial charge in [0, 0.05) is 31.0 Å². The van der Waals surface area contributed by atoms with Crippen molar-refractivity contribution in [1.82, 2.24) is 24.7 Å². The van der Waals surface area contributed by atoms with Gasteiger partial charge in [0.15, 0.2) is 5.82 Å². The molecular weight excluding hydrogens is 382 g/mol. The molecule has 0 bridgehead atoms. The first kappa shape index (κ1) is 18.7. The number of amides is 1. The third kappa shape index (κ3) is 3.88. The first-order chi connectivity index (χ1) is 14.7. The molecule has 2 fully saturated rings. The van der Waals surface area contributed by atoms with E-state index in [1.54, 1.807) is 24.7 Å². The molecular formula is C21H23N7O2. The van der Waals surface area contributed by atoms with Crippen LogP contribution in [0.4, 0.5) is 11.5 Å². The lowest BCUT2D eigenvalue weighted by Gasteiger charge is -2.32. The van der Waals surface area contributed by atoms with Crippen LogP contribution in [0.2, 0.25) is 0 Å². The van der Waals surface area contributed by atoms with Crippen LogP contribution in [0.1, 0.15) is 42.2 Å². The first-order valence-corrected chi connectivity index (χ1v) is 10.2. The van der Waals surface area contributed by atoms with E-state index < -0.39 is 0 Å². The van der Waals surface area contributed by atoms with E-state index in [4.69, 9.17) is 0 Å². The quantitative estimate of drug-likeness (QED) is 0.670. The summed E-state index contributed by atoms with van der Waals surface area (Å²) in [6.45, 7) is 1.42. The summed E-state index contributed by atoms with van der Waals surface area (Å²) in [5.74, 6) is 0.809. The van der Waals surface area contributed by atoms with Crippen LogP contribution in [0.25, 0.3) is 11.5 Å². The molecule has 30 heavy (non-hydrogen) atoms. The summed E-state index contributed by atoms with van der Waals surface area (Å²) < 4.78 is 2.03. The van der Waals surface area contributed by atoms with E-state index in [0.717, 1.165) is 37.9 Å². The number of β-amino-alcohol motifs (C(OH)–C–C–N with tert-alkyl or cyclic N) is 1. The van der Waals surface area contributed by atoms with Crippen molar-refractivity contribution in [3.8, 4) is 11.5 Å². The van der Waals surface area contributed by atoms with Gasteiger partial charge in [-0.25, -0.2) is 4.98 Å². The molecule has 154 valence electrons. The zero-order valence-electron chi connectivity index (χ0n) is 16.5. The maximum absolute atomic E-state index is 12.8. The smallest absolute Gasteiger partial charge is 0.275 e. The normalized spacial score (nSPS) is 19.0. The number of aromatic nitrogens is 5. The fourth-order valence-corrected chi connectivity index (χ4v) is 3.78. The molecule has 1 saturated carbocycles. The van der Waals surface area contributed by atoms with Crippen LogP contribution >= 0.6 is 0 Å². The second kappa shape index (κ2) is 7.83. The van der Waals surface area contributed by atoms with Crippen molar-refractivity contribution < 1.29 is 9.90 Å². The van der Waals surface area contributed by atoms with E-state index in [1.165, 1.54) is 0 Å². The van der Waals surface area contributed by atoms with Gasteiger partial charge < -0.3 is 19.9 Å². The maximum atomic E-state index is 12.8. The van der Waals surface area contributed by atoms with Crippen molar-refractivity contribution in [2.75, 3.05) is 23.3 Å². The van der Waals surface area contributed by atoms with Gasteiger partial charge in [0.25, 0.3) is 5.91 Å². The predicted molar refractivity (Wildman–Crippen MR) is 111 cm³/mol. The average Bonchev–Trinajstić information content (AvgIpc) is 3.50. The highest BCUT2D eigenvalue weighted by molar-refractivity contribution is 6.02. The molecule has 2 N–H and O–H groups in total. The van der Waals surface area contributed by atoms with E-state index in [1.807, 2.05) is 22.8 Å². The Morgan fingerprint density at radius 3 is 2.93 bits per heavy atom. The number of nitrogens with zero attached hydrogens (tertiary/aromatic N) is 6. The van der Waals surface area contributed by atoms with Gasteiger partial charge in [-0.3, -0.25) is 9.78 Å². The number of hydrogen-bond acceptors (Lipinski definition) is 7. The highest BCUT2D eigenvalue weighted by Crippen LogP contribution is 2.37. The van der Waals surface area contributed by atoms with Gasteiger partial charge >= 0.3 is 0 Å². The molecule has 0 aromatic carbocycles. The Bertz CT molecular complexity index is 1060. The summed E-state index contributed by atoms with van der Waals surface area (Å²) in [6, 6.07) is 9.49. The Balaban J connectivity index is 1.33. The number of pyridine rings is 2. The molecule has 1 amide bonds. The molecule has 1 aliphatic carbocycles.